The SMILES string of the molecule is CCCC[C@H](N)C(=O)Nc1ccc(CS(N)(=O)=O)cc1. The summed E-state index contributed by atoms with van der Waals surface area (Å²) in [6.45, 7) is 2.04. The number of nitrogens with two attached hydrogens (primary N) is 2. The molecule has 0 aliphatic rings. The van der Waals surface area contributed by atoms with Gasteiger partial charge in [-0.3, -0.25) is 4.79 Å². The molecule has 0 fully saturated rings. The molecule has 1 atom stereocenters. The summed E-state index contributed by atoms with van der Waals surface area (Å²) in [6, 6.07) is 5.95. The lowest BCUT2D eigenvalue weighted by molar-refractivity contribution is -0.117. The molecular weight excluding hydrogens is 278 g/mol. The molecule has 20 heavy (non-hydrogen) atoms. The predicted molar refractivity (Wildman–Crippen MR) is 79.4 cm³/mol. The molecule has 5 N–H and O–H groups in total. The minimum Gasteiger partial charge on any atom is -0.325 e. The topological polar surface area (TPSA) is 115 Å². The molecule has 0 aliphatic heterocycles. The van der Waals surface area contributed by atoms with Crippen molar-refractivity contribution in [2.75, 3.05) is 5.32 Å². The Balaban J connectivity index is 2.59. The van der Waals surface area contributed by atoms with E-state index >= 15 is 0 Å². The number of carbonyl (C=O) groups is 1. The fraction of sp³-hybridized carbons (Fsp3) is 0.462. The number of benzene rings is 1. The third-order valence-corrected chi connectivity index (χ3v) is 3.53. The number of primary sulfonamides is 1. The fourth-order valence-electron chi connectivity index (χ4n) is 1.71. The molecular formula is C13H21N3O3S. The maximum absolute atomic E-state index is 11.8. The van der Waals surface area contributed by atoms with Gasteiger partial charge in [0.05, 0.1) is 11.8 Å². The molecule has 0 radical (unpaired) electrons. The number of nitrogens with one attached hydrogen (secondary N) is 1. The van der Waals surface area contributed by atoms with E-state index in [2.05, 4.69) is 5.32 Å². The van der Waals surface area contributed by atoms with Crippen LogP contribution < -0.4 is 16.2 Å². The third kappa shape index (κ3) is 6.14. The molecule has 6 nitrogen and oxygen atoms in total. The first kappa shape index (κ1) is 16.6. The average molecular weight is 299 g/mol. The van der Waals surface area contributed by atoms with Crippen LogP contribution in [0.5, 0.6) is 0 Å². The van der Waals surface area contributed by atoms with Gasteiger partial charge in [-0.25, -0.2) is 13.6 Å². The van der Waals surface area contributed by atoms with E-state index in [0.717, 1.165) is 12.8 Å². The Labute approximate surface area is 119 Å². The normalized spacial score (nSPS) is 12.9. The van der Waals surface area contributed by atoms with Crippen LogP contribution in [-0.4, -0.2) is 20.4 Å². The molecule has 1 rings (SSSR count). The summed E-state index contributed by atoms with van der Waals surface area (Å²) < 4.78 is 21.9. The van der Waals surface area contributed by atoms with Crippen molar-refractivity contribution < 1.29 is 13.2 Å². The monoisotopic (exact) mass is 299 g/mol. The van der Waals surface area contributed by atoms with Crippen LogP contribution in [0.4, 0.5) is 5.69 Å². The molecule has 0 aliphatic carbocycles. The van der Waals surface area contributed by atoms with Crippen molar-refractivity contribution >= 4 is 21.6 Å². The number of rotatable bonds is 7. The van der Waals surface area contributed by atoms with Crippen LogP contribution in [0.2, 0.25) is 0 Å². The van der Waals surface area contributed by atoms with E-state index in [9.17, 15) is 13.2 Å². The molecule has 0 aromatic heterocycles. The highest BCUT2D eigenvalue weighted by Crippen LogP contribution is 2.12. The van der Waals surface area contributed by atoms with Crippen molar-refractivity contribution in [2.45, 2.75) is 38.0 Å². The molecule has 112 valence electrons. The van der Waals surface area contributed by atoms with Crippen LogP contribution >= 0.6 is 0 Å². The number of hydrogen-bond acceptors (Lipinski definition) is 4. The van der Waals surface area contributed by atoms with Crippen LogP contribution in [0.15, 0.2) is 24.3 Å². The maximum atomic E-state index is 11.8. The van der Waals surface area contributed by atoms with Gasteiger partial charge in [0, 0.05) is 5.69 Å². The number of hydrogen-bond donors (Lipinski definition) is 3. The van der Waals surface area contributed by atoms with Crippen LogP contribution in [0, 0.1) is 0 Å². The van der Waals surface area contributed by atoms with Crippen molar-refractivity contribution in [1.29, 1.82) is 0 Å². The van der Waals surface area contributed by atoms with Gasteiger partial charge in [0.25, 0.3) is 0 Å². The van der Waals surface area contributed by atoms with Crippen molar-refractivity contribution in [1.82, 2.24) is 0 Å². The van der Waals surface area contributed by atoms with Gasteiger partial charge in [-0.15, -0.1) is 0 Å². The van der Waals surface area contributed by atoms with Crippen molar-refractivity contribution in [3.05, 3.63) is 29.8 Å². The van der Waals surface area contributed by atoms with Crippen LogP contribution in [-0.2, 0) is 20.6 Å². The minimum atomic E-state index is -3.54. The fourth-order valence-corrected chi connectivity index (χ4v) is 2.36. The van der Waals surface area contributed by atoms with E-state index in [1.165, 1.54) is 0 Å². The van der Waals surface area contributed by atoms with E-state index in [0.29, 0.717) is 17.7 Å². The molecule has 0 bridgehead atoms. The molecule has 1 aromatic rings. The number of unbranched alkanes of at least 4 members (excludes halogenated alkanes) is 1. The lowest BCUT2D eigenvalue weighted by atomic mass is 10.1. The maximum Gasteiger partial charge on any atom is 0.241 e. The first-order chi connectivity index (χ1) is 9.31. The van der Waals surface area contributed by atoms with Gasteiger partial charge in [0.1, 0.15) is 0 Å². The van der Waals surface area contributed by atoms with Gasteiger partial charge >= 0.3 is 0 Å². The Morgan fingerprint density at radius 1 is 1.30 bits per heavy atom. The summed E-state index contributed by atoms with van der Waals surface area (Å²) in [5, 5.41) is 7.65. The standard InChI is InChI=1S/C13H21N3O3S/c1-2-3-4-12(14)13(17)16-11-7-5-10(6-8-11)9-20(15,18)19/h5-8,12H,2-4,9,14H2,1H3,(H,16,17)(H2,15,18,19)/t12-/m0/s1. The van der Waals surface area contributed by atoms with Crippen molar-refractivity contribution in [3.8, 4) is 0 Å². The Hall–Kier alpha value is -1.44. The molecule has 0 saturated heterocycles. The van der Waals surface area contributed by atoms with Crippen molar-refractivity contribution in [3.63, 3.8) is 0 Å². The molecule has 0 heterocycles. The zero-order valence-corrected chi connectivity index (χ0v) is 12.3. The highest BCUT2D eigenvalue weighted by molar-refractivity contribution is 7.88. The number of sulfonamides is 1. The van der Waals surface area contributed by atoms with Gasteiger partial charge in [-0.1, -0.05) is 31.9 Å². The second kappa shape index (κ2) is 7.37. The van der Waals surface area contributed by atoms with Gasteiger partial charge in [-0.2, -0.15) is 0 Å². The second-order valence-corrected chi connectivity index (χ2v) is 6.36. The van der Waals surface area contributed by atoms with Crippen LogP contribution in [0.25, 0.3) is 0 Å². The molecule has 1 aromatic carbocycles. The van der Waals surface area contributed by atoms with Gasteiger partial charge in [0.15, 0.2) is 0 Å². The predicted octanol–water partition coefficient (Wildman–Crippen LogP) is 0.931. The second-order valence-electron chi connectivity index (χ2n) is 4.74. The Morgan fingerprint density at radius 3 is 2.40 bits per heavy atom. The summed E-state index contributed by atoms with van der Waals surface area (Å²) in [7, 11) is -3.54. The number of amides is 1. The smallest absolute Gasteiger partial charge is 0.241 e. The van der Waals surface area contributed by atoms with Crippen LogP contribution in [0.3, 0.4) is 0 Å². The zero-order chi connectivity index (χ0) is 15.2. The Kier molecular flexibility index (Phi) is 6.12. The van der Waals surface area contributed by atoms with Gasteiger partial charge in [-0.05, 0) is 24.1 Å². The largest absolute Gasteiger partial charge is 0.325 e. The lowest BCUT2D eigenvalue weighted by Gasteiger charge is -2.12. The minimum absolute atomic E-state index is 0.225. The number of carbonyl (C=O) groups excluding carboxylic acids is 1. The first-order valence-electron chi connectivity index (χ1n) is 6.47. The Morgan fingerprint density at radius 2 is 1.90 bits per heavy atom. The van der Waals surface area contributed by atoms with Crippen LogP contribution in [0.1, 0.15) is 31.7 Å². The van der Waals surface area contributed by atoms with Gasteiger partial charge in [0.2, 0.25) is 15.9 Å². The number of anilines is 1. The molecule has 7 heteroatoms. The summed E-state index contributed by atoms with van der Waals surface area (Å²) in [5.74, 6) is -0.463. The highest BCUT2D eigenvalue weighted by atomic mass is 32.2. The highest BCUT2D eigenvalue weighted by Gasteiger charge is 2.13. The molecule has 1 amide bonds. The van der Waals surface area contributed by atoms with E-state index in [1.807, 2.05) is 6.92 Å². The van der Waals surface area contributed by atoms with Crippen molar-refractivity contribution in [2.24, 2.45) is 10.9 Å². The summed E-state index contributed by atoms with van der Waals surface area (Å²) >= 11 is 0. The Bertz CT molecular complexity index is 540. The molecule has 0 saturated carbocycles. The summed E-state index contributed by atoms with van der Waals surface area (Å²) in [6.07, 6.45) is 2.54. The summed E-state index contributed by atoms with van der Waals surface area (Å²) in [4.78, 5) is 11.8. The quantitative estimate of drug-likeness (QED) is 0.694. The van der Waals surface area contributed by atoms with E-state index in [1.54, 1.807) is 24.3 Å². The van der Waals surface area contributed by atoms with E-state index in [4.69, 9.17) is 10.9 Å². The average Bonchev–Trinajstić information content (AvgIpc) is 2.36. The van der Waals surface area contributed by atoms with E-state index in [-0.39, 0.29) is 11.7 Å². The lowest BCUT2D eigenvalue weighted by Crippen LogP contribution is -2.35. The summed E-state index contributed by atoms with van der Waals surface area (Å²) in [5.41, 5.74) is 6.91. The third-order valence-electron chi connectivity index (χ3n) is 2.79. The molecule has 0 unspecified atom stereocenters. The van der Waals surface area contributed by atoms with Gasteiger partial charge < -0.3 is 11.1 Å². The van der Waals surface area contributed by atoms with E-state index < -0.39 is 16.1 Å². The zero-order valence-electron chi connectivity index (χ0n) is 11.5. The molecule has 0 spiro atoms. The first-order valence-corrected chi connectivity index (χ1v) is 8.19.